The van der Waals surface area contributed by atoms with Crippen LogP contribution in [0.25, 0.3) is 0 Å². The van der Waals surface area contributed by atoms with Gasteiger partial charge in [-0.05, 0) is 11.8 Å². The lowest BCUT2D eigenvalue weighted by molar-refractivity contribution is -0.138. The van der Waals surface area contributed by atoms with Gasteiger partial charge in [-0.25, -0.2) is 0 Å². The fourth-order valence-corrected chi connectivity index (χ4v) is 2.02. The van der Waals surface area contributed by atoms with Crippen molar-refractivity contribution in [1.29, 1.82) is 0 Å². The molecule has 0 saturated heterocycles. The van der Waals surface area contributed by atoms with Gasteiger partial charge in [-0.3, -0.25) is 4.79 Å². The van der Waals surface area contributed by atoms with E-state index in [-0.39, 0.29) is 17.2 Å². The van der Waals surface area contributed by atoms with Gasteiger partial charge in [-0.2, -0.15) is 0 Å². The molecule has 58 valence electrons. The number of carbonyl (C=O) groups is 1. The van der Waals surface area contributed by atoms with Crippen molar-refractivity contribution < 1.29 is 9.90 Å². The molecule has 1 N–H and O–H groups in total. The summed E-state index contributed by atoms with van der Waals surface area (Å²) in [7, 11) is 0. The number of aliphatic carboxylic acids is 1. The van der Waals surface area contributed by atoms with E-state index in [2.05, 4.69) is 0 Å². The zero-order valence-corrected chi connectivity index (χ0v) is 6.80. The van der Waals surface area contributed by atoms with E-state index in [1.165, 1.54) is 0 Å². The van der Waals surface area contributed by atoms with Crippen LogP contribution in [0.3, 0.4) is 0 Å². The minimum Gasteiger partial charge on any atom is -0.481 e. The molecule has 0 radical (unpaired) electrons. The molecule has 3 heteroatoms. The molecule has 0 aromatic heterocycles. The smallest absolute Gasteiger partial charge is 0.308 e. The number of halogens is 1. The molecule has 0 spiro atoms. The van der Waals surface area contributed by atoms with Gasteiger partial charge in [0.25, 0.3) is 0 Å². The summed E-state index contributed by atoms with van der Waals surface area (Å²) in [5.41, 5.74) is 0. The van der Waals surface area contributed by atoms with E-state index < -0.39 is 5.97 Å². The van der Waals surface area contributed by atoms with Crippen LogP contribution < -0.4 is 0 Å². The van der Waals surface area contributed by atoms with Crippen LogP contribution in [0.15, 0.2) is 0 Å². The molecule has 2 nitrogen and oxygen atoms in total. The Morgan fingerprint density at radius 1 is 1.60 bits per heavy atom. The second-order valence-electron chi connectivity index (χ2n) is 3.13. The fraction of sp³-hybridized carbons (Fsp3) is 0.857. The molecule has 0 aromatic carbocycles. The quantitative estimate of drug-likeness (QED) is 0.626. The molecule has 0 aromatic rings. The molecule has 0 heterocycles. The Balaban J connectivity index is 2.49. The number of carboxylic acids is 1. The SMILES string of the molecule is CC(C)[C@@H]1[C@@H](Cl)[C@H]1C(=O)O. The fourth-order valence-electron chi connectivity index (χ4n) is 1.38. The number of hydrogen-bond donors (Lipinski definition) is 1. The monoisotopic (exact) mass is 162 g/mol. The van der Waals surface area contributed by atoms with Gasteiger partial charge in [0.05, 0.1) is 11.3 Å². The minimum absolute atomic E-state index is 0.127. The summed E-state index contributed by atoms with van der Waals surface area (Å²) in [6, 6.07) is 0. The maximum Gasteiger partial charge on any atom is 0.308 e. The van der Waals surface area contributed by atoms with Crippen molar-refractivity contribution in [3.63, 3.8) is 0 Å². The highest BCUT2D eigenvalue weighted by molar-refractivity contribution is 6.24. The first-order valence-electron chi connectivity index (χ1n) is 3.42. The van der Waals surface area contributed by atoms with E-state index in [4.69, 9.17) is 16.7 Å². The Labute approximate surface area is 65.2 Å². The van der Waals surface area contributed by atoms with Crippen LogP contribution in [0.5, 0.6) is 0 Å². The van der Waals surface area contributed by atoms with E-state index in [1.807, 2.05) is 13.8 Å². The molecule has 0 unspecified atom stereocenters. The maximum atomic E-state index is 10.4. The first-order valence-corrected chi connectivity index (χ1v) is 3.86. The van der Waals surface area contributed by atoms with E-state index in [0.29, 0.717) is 5.92 Å². The lowest BCUT2D eigenvalue weighted by Crippen LogP contribution is -2.02. The Morgan fingerprint density at radius 2 is 2.10 bits per heavy atom. The molecular weight excluding hydrogens is 152 g/mol. The molecule has 1 aliphatic carbocycles. The van der Waals surface area contributed by atoms with Gasteiger partial charge in [-0.1, -0.05) is 13.8 Å². The Bertz CT molecular complexity index is 156. The number of rotatable bonds is 2. The van der Waals surface area contributed by atoms with E-state index in [1.54, 1.807) is 0 Å². The van der Waals surface area contributed by atoms with Crippen LogP contribution in [-0.2, 0) is 4.79 Å². The zero-order valence-electron chi connectivity index (χ0n) is 6.04. The topological polar surface area (TPSA) is 37.3 Å². The second-order valence-corrected chi connectivity index (χ2v) is 3.63. The van der Waals surface area contributed by atoms with Crippen molar-refractivity contribution in [2.24, 2.45) is 17.8 Å². The first kappa shape index (κ1) is 7.86. The van der Waals surface area contributed by atoms with Crippen molar-refractivity contribution in [3.05, 3.63) is 0 Å². The molecule has 0 bridgehead atoms. The van der Waals surface area contributed by atoms with Gasteiger partial charge in [0.2, 0.25) is 0 Å². The summed E-state index contributed by atoms with van der Waals surface area (Å²) in [6.45, 7) is 4.01. The Kier molecular flexibility index (Phi) is 1.90. The molecule has 3 atom stereocenters. The van der Waals surface area contributed by atoms with Gasteiger partial charge in [0, 0.05) is 0 Å². The third-order valence-corrected chi connectivity index (χ3v) is 2.60. The normalized spacial score (nSPS) is 38.2. The predicted molar refractivity (Wildman–Crippen MR) is 39.1 cm³/mol. The van der Waals surface area contributed by atoms with Crippen LogP contribution in [0, 0.1) is 17.8 Å². The molecule has 10 heavy (non-hydrogen) atoms. The van der Waals surface area contributed by atoms with Gasteiger partial charge in [0.1, 0.15) is 0 Å². The maximum absolute atomic E-state index is 10.4. The number of alkyl halides is 1. The third-order valence-electron chi connectivity index (χ3n) is 2.04. The molecule has 1 fully saturated rings. The van der Waals surface area contributed by atoms with Crippen molar-refractivity contribution in [2.45, 2.75) is 19.2 Å². The third kappa shape index (κ3) is 1.12. The van der Waals surface area contributed by atoms with E-state index >= 15 is 0 Å². The van der Waals surface area contributed by atoms with Crippen molar-refractivity contribution in [2.75, 3.05) is 0 Å². The summed E-state index contributed by atoms with van der Waals surface area (Å²) in [5.74, 6) is -0.455. The largest absolute Gasteiger partial charge is 0.481 e. The summed E-state index contributed by atoms with van der Waals surface area (Å²) in [6.07, 6.45) is 0. The lowest BCUT2D eigenvalue weighted by atomic mass is 10.1. The molecule has 1 rings (SSSR count). The molecular formula is C7H11ClO2. The average molecular weight is 163 g/mol. The van der Waals surface area contributed by atoms with Crippen molar-refractivity contribution in [3.8, 4) is 0 Å². The molecule has 0 amide bonds. The van der Waals surface area contributed by atoms with Crippen LogP contribution in [0.4, 0.5) is 0 Å². The van der Waals surface area contributed by atoms with Gasteiger partial charge in [-0.15, -0.1) is 11.6 Å². The van der Waals surface area contributed by atoms with Crippen molar-refractivity contribution in [1.82, 2.24) is 0 Å². The van der Waals surface area contributed by atoms with Gasteiger partial charge >= 0.3 is 5.97 Å². The number of carboxylic acid groups (broad SMARTS) is 1. The van der Waals surface area contributed by atoms with Crippen molar-refractivity contribution >= 4 is 17.6 Å². The van der Waals surface area contributed by atoms with Crippen LogP contribution >= 0.6 is 11.6 Å². The predicted octanol–water partition coefficient (Wildman–Crippen LogP) is 1.58. The highest BCUT2D eigenvalue weighted by atomic mass is 35.5. The summed E-state index contributed by atoms with van der Waals surface area (Å²) in [4.78, 5) is 10.4. The highest BCUT2D eigenvalue weighted by Crippen LogP contribution is 2.48. The van der Waals surface area contributed by atoms with Gasteiger partial charge in [0.15, 0.2) is 0 Å². The van der Waals surface area contributed by atoms with E-state index in [0.717, 1.165) is 0 Å². The minimum atomic E-state index is -0.751. The average Bonchev–Trinajstić information content (AvgIpc) is 2.40. The standard InChI is InChI=1S/C7H11ClO2/c1-3(2)4-5(6(4)8)7(9)10/h3-6H,1-2H3,(H,9,10)/t4-,5-,6+/m0/s1. The summed E-state index contributed by atoms with van der Waals surface area (Å²) in [5, 5.41) is 8.43. The van der Waals surface area contributed by atoms with Crippen LogP contribution in [0.2, 0.25) is 0 Å². The number of hydrogen-bond acceptors (Lipinski definition) is 1. The molecule has 1 saturated carbocycles. The van der Waals surface area contributed by atoms with Crippen LogP contribution in [-0.4, -0.2) is 16.5 Å². The van der Waals surface area contributed by atoms with Gasteiger partial charge < -0.3 is 5.11 Å². The first-order chi connectivity index (χ1) is 4.55. The highest BCUT2D eigenvalue weighted by Gasteiger charge is 2.55. The lowest BCUT2D eigenvalue weighted by Gasteiger charge is -1.97. The van der Waals surface area contributed by atoms with Crippen LogP contribution in [0.1, 0.15) is 13.8 Å². The Morgan fingerprint density at radius 3 is 2.20 bits per heavy atom. The Hall–Kier alpha value is -0.240. The zero-order chi connectivity index (χ0) is 7.89. The summed E-state index contributed by atoms with van der Waals surface area (Å²) < 4.78 is 0. The second kappa shape index (κ2) is 2.42. The molecule has 0 aliphatic heterocycles. The summed E-state index contributed by atoms with van der Waals surface area (Å²) >= 11 is 5.73. The van der Waals surface area contributed by atoms with E-state index in [9.17, 15) is 4.79 Å². The molecule has 1 aliphatic rings.